The summed E-state index contributed by atoms with van der Waals surface area (Å²) in [5, 5.41) is 0. The molecule has 4 rings (SSSR count). The fourth-order valence-corrected chi connectivity index (χ4v) is 6.14. The van der Waals surface area contributed by atoms with Gasteiger partial charge in [-0.1, -0.05) is 12.5 Å². The SMILES string of the molecule is CC1CCCCN1S(=O)(=O)c1cccc(C(=O)N2CCN(Cc3ccncc3)CC2)c1. The molecule has 0 N–H and O–H groups in total. The van der Waals surface area contributed by atoms with Crippen molar-refractivity contribution in [1.82, 2.24) is 19.1 Å². The molecule has 0 aliphatic carbocycles. The van der Waals surface area contributed by atoms with Crippen LogP contribution in [0.1, 0.15) is 42.1 Å². The third kappa shape index (κ3) is 4.97. The van der Waals surface area contributed by atoms with Gasteiger partial charge in [0.2, 0.25) is 10.0 Å². The Balaban J connectivity index is 1.42. The minimum absolute atomic E-state index is 0.00780. The van der Waals surface area contributed by atoms with Gasteiger partial charge in [-0.3, -0.25) is 14.7 Å². The van der Waals surface area contributed by atoms with Gasteiger partial charge in [-0.15, -0.1) is 0 Å². The van der Waals surface area contributed by atoms with Crippen LogP contribution >= 0.6 is 0 Å². The molecule has 2 fully saturated rings. The van der Waals surface area contributed by atoms with E-state index in [1.807, 2.05) is 24.0 Å². The second kappa shape index (κ2) is 9.46. The molecule has 31 heavy (non-hydrogen) atoms. The van der Waals surface area contributed by atoms with Crippen LogP contribution in [0, 0.1) is 0 Å². The van der Waals surface area contributed by atoms with Crippen molar-refractivity contribution in [2.75, 3.05) is 32.7 Å². The van der Waals surface area contributed by atoms with Gasteiger partial charge in [0.05, 0.1) is 4.90 Å². The molecule has 1 aromatic carbocycles. The van der Waals surface area contributed by atoms with Crippen molar-refractivity contribution in [2.24, 2.45) is 0 Å². The number of nitrogens with zero attached hydrogens (tertiary/aromatic N) is 4. The highest BCUT2D eigenvalue weighted by molar-refractivity contribution is 7.89. The Labute approximate surface area is 184 Å². The van der Waals surface area contributed by atoms with Crippen LogP contribution in [0.25, 0.3) is 0 Å². The van der Waals surface area contributed by atoms with E-state index in [4.69, 9.17) is 0 Å². The summed E-state index contributed by atoms with van der Waals surface area (Å²) in [5.41, 5.74) is 1.65. The van der Waals surface area contributed by atoms with Crippen molar-refractivity contribution in [3.05, 3.63) is 59.9 Å². The largest absolute Gasteiger partial charge is 0.336 e. The van der Waals surface area contributed by atoms with Crippen molar-refractivity contribution in [3.63, 3.8) is 0 Å². The van der Waals surface area contributed by atoms with Crippen LogP contribution in [0.15, 0.2) is 53.7 Å². The lowest BCUT2D eigenvalue weighted by molar-refractivity contribution is 0.0628. The Morgan fingerprint density at radius 1 is 1.03 bits per heavy atom. The number of hydrogen-bond acceptors (Lipinski definition) is 5. The molecule has 0 bridgehead atoms. The summed E-state index contributed by atoms with van der Waals surface area (Å²) in [6, 6.07) is 10.5. The number of piperidine rings is 1. The first-order valence-electron chi connectivity index (χ1n) is 11.0. The molecule has 2 aliphatic rings. The summed E-state index contributed by atoms with van der Waals surface area (Å²) in [4.78, 5) is 21.5. The molecule has 7 nitrogen and oxygen atoms in total. The highest BCUT2D eigenvalue weighted by atomic mass is 32.2. The van der Waals surface area contributed by atoms with E-state index in [0.29, 0.717) is 25.2 Å². The van der Waals surface area contributed by atoms with Gasteiger partial charge < -0.3 is 4.90 Å². The molecule has 2 saturated heterocycles. The maximum absolute atomic E-state index is 13.2. The molecule has 2 aromatic rings. The van der Waals surface area contributed by atoms with E-state index in [9.17, 15) is 13.2 Å². The van der Waals surface area contributed by atoms with Gasteiger partial charge in [-0.2, -0.15) is 4.31 Å². The van der Waals surface area contributed by atoms with E-state index >= 15 is 0 Å². The zero-order valence-corrected chi connectivity index (χ0v) is 18.8. The Morgan fingerprint density at radius 2 is 1.77 bits per heavy atom. The van der Waals surface area contributed by atoms with E-state index in [0.717, 1.165) is 38.9 Å². The monoisotopic (exact) mass is 442 g/mol. The first kappa shape index (κ1) is 21.9. The standard InChI is InChI=1S/C23H30N4O3S/c1-19-5-2-3-12-27(19)31(29,30)22-7-4-6-21(17-22)23(28)26-15-13-25(14-16-26)18-20-8-10-24-11-9-20/h4,6-11,17,19H,2-3,5,12-16,18H2,1H3. The fourth-order valence-electron chi connectivity index (χ4n) is 4.39. The summed E-state index contributed by atoms with van der Waals surface area (Å²) in [7, 11) is -3.59. The first-order chi connectivity index (χ1) is 14.9. The van der Waals surface area contributed by atoms with Crippen LogP contribution in [0.5, 0.6) is 0 Å². The van der Waals surface area contributed by atoms with Gasteiger partial charge in [0, 0.05) is 63.3 Å². The zero-order valence-electron chi connectivity index (χ0n) is 18.0. The lowest BCUT2D eigenvalue weighted by atomic mass is 10.1. The topological polar surface area (TPSA) is 73.8 Å². The third-order valence-electron chi connectivity index (χ3n) is 6.24. The minimum Gasteiger partial charge on any atom is -0.336 e. The second-order valence-corrected chi connectivity index (χ2v) is 10.3. The molecule has 0 radical (unpaired) electrons. The maximum atomic E-state index is 13.2. The number of carbonyl (C=O) groups is 1. The average Bonchev–Trinajstić information content (AvgIpc) is 2.80. The molecular formula is C23H30N4O3S. The molecule has 1 aromatic heterocycles. The molecule has 1 atom stereocenters. The number of piperazine rings is 1. The van der Waals surface area contributed by atoms with Crippen LogP contribution in [0.3, 0.4) is 0 Å². The van der Waals surface area contributed by atoms with Crippen molar-refractivity contribution in [2.45, 2.75) is 43.7 Å². The number of carbonyl (C=O) groups excluding carboxylic acids is 1. The predicted molar refractivity (Wildman–Crippen MR) is 119 cm³/mol. The number of aromatic nitrogens is 1. The van der Waals surface area contributed by atoms with Crippen molar-refractivity contribution in [1.29, 1.82) is 0 Å². The predicted octanol–water partition coefficient (Wildman–Crippen LogP) is 2.60. The van der Waals surface area contributed by atoms with Gasteiger partial charge in [-0.05, 0) is 55.7 Å². The summed E-state index contributed by atoms with van der Waals surface area (Å²) in [6.45, 7) is 6.17. The Hall–Kier alpha value is -2.29. The number of pyridine rings is 1. The quantitative estimate of drug-likeness (QED) is 0.712. The Kier molecular flexibility index (Phi) is 6.69. The van der Waals surface area contributed by atoms with Crippen LogP contribution in [0.4, 0.5) is 0 Å². The molecule has 0 saturated carbocycles. The summed E-state index contributed by atoms with van der Waals surface area (Å²) < 4.78 is 27.9. The van der Waals surface area contributed by atoms with Crippen molar-refractivity contribution < 1.29 is 13.2 Å². The second-order valence-electron chi connectivity index (χ2n) is 8.41. The fraction of sp³-hybridized carbons (Fsp3) is 0.478. The van der Waals surface area contributed by atoms with Gasteiger partial charge in [0.15, 0.2) is 0 Å². The summed E-state index contributed by atoms with van der Waals surface area (Å²) in [5.74, 6) is -0.104. The summed E-state index contributed by atoms with van der Waals surface area (Å²) >= 11 is 0. The lowest BCUT2D eigenvalue weighted by Gasteiger charge is -2.35. The lowest BCUT2D eigenvalue weighted by Crippen LogP contribution is -2.48. The van der Waals surface area contributed by atoms with E-state index in [1.165, 1.54) is 5.56 Å². The van der Waals surface area contributed by atoms with E-state index in [-0.39, 0.29) is 16.8 Å². The molecule has 1 amide bonds. The van der Waals surface area contributed by atoms with Gasteiger partial charge >= 0.3 is 0 Å². The highest BCUT2D eigenvalue weighted by Gasteiger charge is 2.31. The number of hydrogen-bond donors (Lipinski definition) is 0. The number of benzene rings is 1. The van der Waals surface area contributed by atoms with Gasteiger partial charge in [-0.25, -0.2) is 8.42 Å². The Morgan fingerprint density at radius 3 is 2.48 bits per heavy atom. The molecule has 2 aliphatic heterocycles. The average molecular weight is 443 g/mol. The minimum atomic E-state index is -3.59. The molecule has 1 unspecified atom stereocenters. The van der Waals surface area contributed by atoms with Crippen molar-refractivity contribution >= 4 is 15.9 Å². The molecule has 0 spiro atoms. The zero-order chi connectivity index (χ0) is 21.8. The maximum Gasteiger partial charge on any atom is 0.253 e. The van der Waals surface area contributed by atoms with E-state index in [1.54, 1.807) is 41.0 Å². The van der Waals surface area contributed by atoms with Gasteiger partial charge in [0.25, 0.3) is 5.91 Å². The smallest absolute Gasteiger partial charge is 0.253 e. The molecule has 166 valence electrons. The number of rotatable bonds is 5. The van der Waals surface area contributed by atoms with Gasteiger partial charge in [0.1, 0.15) is 0 Å². The van der Waals surface area contributed by atoms with Crippen molar-refractivity contribution in [3.8, 4) is 0 Å². The van der Waals surface area contributed by atoms with E-state index < -0.39 is 10.0 Å². The molecule has 8 heteroatoms. The van der Waals surface area contributed by atoms with E-state index in [2.05, 4.69) is 9.88 Å². The number of sulfonamides is 1. The van der Waals surface area contributed by atoms with Crippen LogP contribution < -0.4 is 0 Å². The van der Waals surface area contributed by atoms with Crippen LogP contribution in [-0.4, -0.2) is 72.2 Å². The summed E-state index contributed by atoms with van der Waals surface area (Å²) in [6.07, 6.45) is 6.40. The Bertz CT molecular complexity index is 1000. The van der Waals surface area contributed by atoms with Crippen LogP contribution in [0.2, 0.25) is 0 Å². The molecule has 3 heterocycles. The highest BCUT2D eigenvalue weighted by Crippen LogP contribution is 2.26. The third-order valence-corrected chi connectivity index (χ3v) is 8.25. The molecular weight excluding hydrogens is 412 g/mol. The first-order valence-corrected chi connectivity index (χ1v) is 12.4. The van der Waals surface area contributed by atoms with Crippen LogP contribution in [-0.2, 0) is 16.6 Å². The normalized spacial score (nSPS) is 21.2. The number of amides is 1.